The van der Waals surface area contributed by atoms with Crippen LogP contribution in [0.4, 0.5) is 0 Å². The number of unbranched alkanes of at least 4 members (excludes halogenated alkanes) is 43. The molecule has 23 heteroatoms. The van der Waals surface area contributed by atoms with Crippen LogP contribution in [0.25, 0.3) is 0 Å². The Balaban J connectivity index is 1.50. The normalized spacial score (nSPS) is 27.0. The highest BCUT2D eigenvalue weighted by Crippen LogP contribution is 2.39. The summed E-state index contributed by atoms with van der Waals surface area (Å²) < 4.78 is 35.0. The van der Waals surface area contributed by atoms with Crippen LogP contribution in [0, 0.1) is 0 Å². The number of carboxylic acid groups (broad SMARTS) is 1. The van der Waals surface area contributed by atoms with Crippen molar-refractivity contribution in [2.75, 3.05) is 26.4 Å². The summed E-state index contributed by atoms with van der Waals surface area (Å²) in [5.41, 5.74) is 0. The first-order valence-electron chi connectivity index (χ1n) is 39.9. The van der Waals surface area contributed by atoms with Crippen molar-refractivity contribution in [2.24, 2.45) is 0 Å². The van der Waals surface area contributed by atoms with Gasteiger partial charge in [-0.3, -0.25) is 9.59 Å². The van der Waals surface area contributed by atoms with Crippen molar-refractivity contribution in [3.05, 3.63) is 0 Å². The summed E-state index contributed by atoms with van der Waals surface area (Å²) in [6.45, 7) is 2.26. The number of nitrogens with one attached hydrogen (secondary N) is 2. The molecule has 0 aromatic heterocycles. The molecule has 2 amide bonds. The predicted molar refractivity (Wildman–Crippen MR) is 380 cm³/mol. The lowest BCUT2D eigenvalue weighted by Crippen LogP contribution is -2.70. The fourth-order valence-corrected chi connectivity index (χ4v) is 14.2. The van der Waals surface area contributed by atoms with E-state index in [1.165, 1.54) is 231 Å². The first-order chi connectivity index (χ1) is 47.9. The molecular weight excluding hydrogens is 1280 g/mol. The molecule has 0 radical (unpaired) electrons. The van der Waals surface area contributed by atoms with Crippen LogP contribution in [0.2, 0.25) is 0 Å². The van der Waals surface area contributed by atoms with Gasteiger partial charge in [-0.05, 0) is 12.8 Å². The molecule has 23 nitrogen and oxygen atoms in total. The number of carbonyl (C=O) groups is 3. The molecule has 3 aliphatic rings. The summed E-state index contributed by atoms with van der Waals surface area (Å²) in [7, 11) is 0. The van der Waals surface area contributed by atoms with Crippen LogP contribution in [0.1, 0.15) is 329 Å². The van der Waals surface area contributed by atoms with Crippen molar-refractivity contribution >= 4 is 17.8 Å². The molecule has 0 aromatic rings. The molecule has 14 N–H and O–H groups in total. The van der Waals surface area contributed by atoms with Crippen LogP contribution in [-0.2, 0) is 42.8 Å². The van der Waals surface area contributed by atoms with Crippen molar-refractivity contribution < 1.29 is 104 Å². The van der Waals surface area contributed by atoms with Gasteiger partial charge in [0.25, 0.3) is 5.79 Å². The van der Waals surface area contributed by atoms with Gasteiger partial charge in [-0.1, -0.05) is 296 Å². The Morgan fingerprint density at radius 2 is 0.879 bits per heavy atom. The quantitative estimate of drug-likeness (QED) is 0.0252. The van der Waals surface area contributed by atoms with E-state index in [1.807, 2.05) is 0 Å². The third-order valence-corrected chi connectivity index (χ3v) is 20.6. The Bertz CT molecular complexity index is 1980. The highest BCUT2D eigenvalue weighted by molar-refractivity contribution is 5.77. The summed E-state index contributed by atoms with van der Waals surface area (Å²) >= 11 is 0. The number of aliphatic hydroxyl groups is 11. The van der Waals surface area contributed by atoms with Crippen LogP contribution in [0.15, 0.2) is 0 Å². The molecule has 3 heterocycles. The Kier molecular flexibility index (Phi) is 51.5. The summed E-state index contributed by atoms with van der Waals surface area (Å²) in [6.07, 6.45) is 28.1. The maximum absolute atomic E-state index is 13.5. The van der Waals surface area contributed by atoms with Gasteiger partial charge in [0.15, 0.2) is 12.6 Å². The molecule has 3 aliphatic heterocycles. The van der Waals surface area contributed by atoms with Crippen molar-refractivity contribution in [3.63, 3.8) is 0 Å². The molecule has 3 rings (SSSR count). The van der Waals surface area contributed by atoms with E-state index in [1.54, 1.807) is 0 Å². The van der Waals surface area contributed by atoms with Gasteiger partial charge >= 0.3 is 5.97 Å². The molecule has 18 atom stereocenters. The molecule has 0 aliphatic carbocycles. The molecule has 0 bridgehead atoms. The Hall–Kier alpha value is -2.27. The van der Waals surface area contributed by atoms with Crippen molar-refractivity contribution in [1.82, 2.24) is 10.6 Å². The van der Waals surface area contributed by atoms with Gasteiger partial charge in [-0.15, -0.1) is 0 Å². The highest BCUT2D eigenvalue weighted by Gasteiger charge is 2.60. The average molecular weight is 1420 g/mol. The molecule has 0 aromatic carbocycles. The molecule has 0 saturated carbocycles. The number of hydrogen-bond acceptors (Lipinski definition) is 20. The van der Waals surface area contributed by atoms with E-state index in [4.69, 9.17) is 28.4 Å². The van der Waals surface area contributed by atoms with E-state index < -0.39 is 148 Å². The summed E-state index contributed by atoms with van der Waals surface area (Å²) in [5, 5.41) is 136. The molecule has 3 fully saturated rings. The first kappa shape index (κ1) is 90.9. The third-order valence-electron chi connectivity index (χ3n) is 20.6. The number of rotatable bonds is 63. The van der Waals surface area contributed by atoms with E-state index in [9.17, 15) is 75.7 Å². The van der Waals surface area contributed by atoms with Gasteiger partial charge in [0.2, 0.25) is 11.8 Å². The topological polar surface area (TPSA) is 373 Å². The maximum atomic E-state index is 13.5. The van der Waals surface area contributed by atoms with Gasteiger partial charge in [0.05, 0.1) is 50.7 Å². The third kappa shape index (κ3) is 37.0. The fourth-order valence-electron chi connectivity index (χ4n) is 14.2. The monoisotopic (exact) mass is 1420 g/mol. The second-order valence-electron chi connectivity index (χ2n) is 29.3. The van der Waals surface area contributed by atoms with E-state index in [2.05, 4.69) is 24.5 Å². The number of aliphatic carboxylic acids is 1. The summed E-state index contributed by atoms with van der Waals surface area (Å²) in [4.78, 5) is 38.7. The van der Waals surface area contributed by atoms with E-state index >= 15 is 0 Å². The molecular formula is C76H144N2O21. The zero-order chi connectivity index (χ0) is 72.5. The van der Waals surface area contributed by atoms with E-state index in [0.29, 0.717) is 19.3 Å². The average Bonchev–Trinajstić information content (AvgIpc) is 0.757. The van der Waals surface area contributed by atoms with Gasteiger partial charge in [-0.2, -0.15) is 0 Å². The van der Waals surface area contributed by atoms with Crippen LogP contribution >= 0.6 is 0 Å². The van der Waals surface area contributed by atoms with Crippen LogP contribution in [0.3, 0.4) is 0 Å². The molecule has 3 saturated heterocycles. The van der Waals surface area contributed by atoms with Gasteiger partial charge in [0.1, 0.15) is 67.1 Å². The van der Waals surface area contributed by atoms with Crippen molar-refractivity contribution in [2.45, 2.75) is 439 Å². The second-order valence-corrected chi connectivity index (χ2v) is 29.3. The maximum Gasteiger partial charge on any atom is 0.364 e. The second kappa shape index (κ2) is 56.1. The number of carbonyl (C=O) groups excluding carboxylic acids is 2. The van der Waals surface area contributed by atoms with Crippen molar-refractivity contribution in [1.29, 1.82) is 0 Å². The molecule has 99 heavy (non-hydrogen) atoms. The Morgan fingerprint density at radius 3 is 1.26 bits per heavy atom. The SMILES string of the molecule is CCCCCCCCCCCCCCCCCCCCCCCCCCCCCC(=O)NC(COC1OC(CO)C(OC2OC(CO)C(O)C(OC3(C(=O)O)CC(O)C(NC(C)=O)C(C(O)C(O)CO)O3)C2O)C(O)C1O)C(O)CCCCCCCCCCCCCCCCCCCC. The number of carboxylic acids is 1. The number of aliphatic hydroxyl groups excluding tert-OH is 11. The van der Waals surface area contributed by atoms with Crippen LogP contribution in [0.5, 0.6) is 0 Å². The number of amides is 2. The lowest BCUT2D eigenvalue weighted by Gasteiger charge is -2.50. The lowest BCUT2D eigenvalue weighted by atomic mass is 9.88. The van der Waals surface area contributed by atoms with Crippen LogP contribution < -0.4 is 10.6 Å². The van der Waals surface area contributed by atoms with E-state index in [-0.39, 0.29) is 18.9 Å². The molecule has 0 spiro atoms. The summed E-state index contributed by atoms with van der Waals surface area (Å²) in [6, 6.07) is -2.53. The zero-order valence-corrected chi connectivity index (χ0v) is 61.6. The summed E-state index contributed by atoms with van der Waals surface area (Å²) in [5.74, 6) is -6.09. The number of ether oxygens (including phenoxy) is 6. The minimum Gasteiger partial charge on any atom is -0.477 e. The van der Waals surface area contributed by atoms with Gasteiger partial charge < -0.3 is 100 Å². The fraction of sp³-hybridized carbons (Fsp3) is 0.961. The van der Waals surface area contributed by atoms with Gasteiger partial charge in [-0.25, -0.2) is 4.79 Å². The minimum atomic E-state index is -3.08. The van der Waals surface area contributed by atoms with Gasteiger partial charge in [0, 0.05) is 19.8 Å². The predicted octanol–water partition coefficient (Wildman–Crippen LogP) is 10.0. The largest absolute Gasteiger partial charge is 0.477 e. The van der Waals surface area contributed by atoms with Crippen LogP contribution in [-0.4, -0.2) is 215 Å². The lowest BCUT2D eigenvalue weighted by molar-refractivity contribution is -0.386. The zero-order valence-electron chi connectivity index (χ0n) is 61.6. The molecule has 18 unspecified atom stereocenters. The first-order valence-corrected chi connectivity index (χ1v) is 39.9. The minimum absolute atomic E-state index is 0.230. The number of hydrogen-bond donors (Lipinski definition) is 14. The molecule has 584 valence electrons. The van der Waals surface area contributed by atoms with Crippen molar-refractivity contribution in [3.8, 4) is 0 Å². The van der Waals surface area contributed by atoms with E-state index in [0.717, 1.165) is 51.9 Å². The Morgan fingerprint density at radius 1 is 0.485 bits per heavy atom. The Labute approximate surface area is 595 Å². The standard InChI is InChI=1S/C76H144N2O21/c1-4-6-8-10-12-14-16-18-20-22-24-25-26-27-28-29-30-31-32-34-36-38-40-42-44-46-48-50-63(86)78-57(58(83)49-47-45-43-41-39-37-35-33-23-21-19-17-15-13-11-9-7-5-2)55-94-73-68(90)67(89)70(62(54-81)96-73)97-74-69(91)72(66(88)61(53-80)95-74)99-76(75(92)93)51-59(84)64(77-56(3)82)71(98-76)65(87)60(85)52-79/h57-62,64-74,79-81,83-85,87-91H,4-55H2,1-3H3,(H,77,82)(H,78,86)(H,92,93). The highest BCUT2D eigenvalue weighted by atomic mass is 16.8. The smallest absolute Gasteiger partial charge is 0.364 e.